The molecule has 0 saturated heterocycles. The van der Waals surface area contributed by atoms with Crippen molar-refractivity contribution in [3.8, 4) is 0 Å². The second kappa shape index (κ2) is 32.0. The number of phosphoric ester groups is 1. The summed E-state index contributed by atoms with van der Waals surface area (Å²) in [6, 6.07) is 0. The van der Waals surface area contributed by atoms with E-state index in [0.29, 0.717) is 23.9 Å². The maximum absolute atomic E-state index is 12.0. The first-order chi connectivity index (χ1) is 22.5. The van der Waals surface area contributed by atoms with E-state index in [1.54, 1.807) is 0 Å². The van der Waals surface area contributed by atoms with Crippen LogP contribution in [0.4, 0.5) is 0 Å². The molecule has 0 bridgehead atoms. The summed E-state index contributed by atoms with van der Waals surface area (Å²) in [5, 5.41) is 0. The summed E-state index contributed by atoms with van der Waals surface area (Å²) in [5.41, 5.74) is -0.809. The predicted octanol–water partition coefficient (Wildman–Crippen LogP) is 13.2. The van der Waals surface area contributed by atoms with E-state index in [1.165, 1.54) is 180 Å². The molecule has 0 aromatic rings. The van der Waals surface area contributed by atoms with Crippen molar-refractivity contribution in [1.82, 2.24) is 0 Å². The van der Waals surface area contributed by atoms with Crippen LogP contribution < -0.4 is 4.89 Å². The van der Waals surface area contributed by atoms with Crippen LogP contribution in [0.2, 0.25) is 0 Å². The minimum atomic E-state index is -4.82. The standard InChI is InChI=1S/C41H86NO4P/c1-6-8-10-12-14-16-18-20-22-24-26-28-30-32-34-36-38-41(40-42(3,4)5,46-47(43,44)45)39-37-35-33-31-29-27-25-23-21-19-17-15-13-11-9-7-2/h6-40H2,1-5H3,(H-,43,44,45). The van der Waals surface area contributed by atoms with Crippen LogP contribution in [0.5, 0.6) is 0 Å². The lowest BCUT2D eigenvalue weighted by Gasteiger charge is -2.41. The fourth-order valence-electron chi connectivity index (χ4n) is 7.50. The minimum absolute atomic E-state index is 0.595. The molecule has 0 aliphatic heterocycles. The molecule has 0 rings (SSSR count). The van der Waals surface area contributed by atoms with Gasteiger partial charge in [-0.1, -0.05) is 219 Å². The summed E-state index contributed by atoms with van der Waals surface area (Å²) >= 11 is 0. The zero-order valence-electron chi connectivity index (χ0n) is 32.8. The Labute approximate surface area is 296 Å². The Kier molecular flexibility index (Phi) is 32.1. The maximum atomic E-state index is 12.0. The fraction of sp³-hybridized carbons (Fsp3) is 1.00. The van der Waals surface area contributed by atoms with Crippen molar-refractivity contribution in [2.75, 3.05) is 27.7 Å². The average Bonchev–Trinajstić information content (AvgIpc) is 2.99. The molecule has 0 aromatic heterocycles. The van der Waals surface area contributed by atoms with Gasteiger partial charge < -0.3 is 18.8 Å². The summed E-state index contributed by atoms with van der Waals surface area (Å²) in [6.07, 6.45) is 43.7. The van der Waals surface area contributed by atoms with Crippen LogP contribution in [-0.2, 0) is 9.09 Å². The lowest BCUT2D eigenvalue weighted by molar-refractivity contribution is -0.876. The molecule has 0 saturated carbocycles. The van der Waals surface area contributed by atoms with Crippen molar-refractivity contribution in [3.05, 3.63) is 0 Å². The van der Waals surface area contributed by atoms with Gasteiger partial charge in [-0.15, -0.1) is 0 Å². The number of nitrogens with zero attached hydrogens (tertiary/aromatic N) is 1. The normalized spacial score (nSPS) is 13.8. The summed E-state index contributed by atoms with van der Waals surface area (Å²) in [6.45, 7) is 5.16. The van der Waals surface area contributed by atoms with Crippen LogP contribution in [0.25, 0.3) is 0 Å². The van der Waals surface area contributed by atoms with Crippen LogP contribution in [0.3, 0.4) is 0 Å². The van der Waals surface area contributed by atoms with E-state index in [1.807, 2.05) is 0 Å². The third-order valence-corrected chi connectivity index (χ3v) is 10.7. The summed E-state index contributed by atoms with van der Waals surface area (Å²) in [7, 11) is 1.45. The van der Waals surface area contributed by atoms with E-state index in [9.17, 15) is 14.4 Å². The molecule has 6 heteroatoms. The fourth-order valence-corrected chi connectivity index (χ4v) is 8.23. The predicted molar refractivity (Wildman–Crippen MR) is 205 cm³/mol. The highest BCUT2D eigenvalue weighted by atomic mass is 31.2. The molecule has 5 nitrogen and oxygen atoms in total. The summed E-state index contributed by atoms with van der Waals surface area (Å²) in [4.78, 5) is 21.8. The Morgan fingerprint density at radius 1 is 0.468 bits per heavy atom. The number of hydrogen-bond acceptors (Lipinski definition) is 3. The van der Waals surface area contributed by atoms with Gasteiger partial charge in [0.2, 0.25) is 0 Å². The molecule has 47 heavy (non-hydrogen) atoms. The molecule has 0 amide bonds. The van der Waals surface area contributed by atoms with Gasteiger partial charge in [-0.2, -0.15) is 0 Å². The number of hydrogen-bond donors (Lipinski definition) is 1. The Hall–Kier alpha value is 0.0700. The van der Waals surface area contributed by atoms with Gasteiger partial charge in [-0.3, -0.25) is 4.57 Å². The number of phosphoric acid groups is 1. The van der Waals surface area contributed by atoms with E-state index in [4.69, 9.17) is 4.52 Å². The van der Waals surface area contributed by atoms with Crippen molar-refractivity contribution < 1.29 is 23.4 Å². The number of unbranched alkanes of at least 4 members (excludes halogenated alkanes) is 30. The maximum Gasteiger partial charge on any atom is 0.265 e. The first-order valence-electron chi connectivity index (χ1n) is 21.1. The van der Waals surface area contributed by atoms with Crippen molar-refractivity contribution in [3.63, 3.8) is 0 Å². The molecular formula is C41H86NO4P. The van der Waals surface area contributed by atoms with Crippen LogP contribution in [-0.4, -0.2) is 42.7 Å². The summed E-state index contributed by atoms with van der Waals surface area (Å²) < 4.78 is 18.2. The second-order valence-corrected chi connectivity index (χ2v) is 17.4. The zero-order valence-corrected chi connectivity index (χ0v) is 33.7. The van der Waals surface area contributed by atoms with Gasteiger partial charge in [0.1, 0.15) is 12.1 Å². The molecule has 0 aliphatic rings. The molecule has 1 N–H and O–H groups in total. The van der Waals surface area contributed by atoms with E-state index in [0.717, 1.165) is 25.7 Å². The van der Waals surface area contributed by atoms with Gasteiger partial charge in [-0.05, 0) is 12.8 Å². The molecule has 284 valence electrons. The highest BCUT2D eigenvalue weighted by Gasteiger charge is 2.39. The topological polar surface area (TPSA) is 69.6 Å². The number of quaternary nitrogens is 1. The van der Waals surface area contributed by atoms with Gasteiger partial charge in [-0.25, -0.2) is 0 Å². The van der Waals surface area contributed by atoms with Crippen molar-refractivity contribution in [1.29, 1.82) is 0 Å². The lowest BCUT2D eigenvalue weighted by Crippen LogP contribution is -2.51. The van der Waals surface area contributed by atoms with E-state index in [-0.39, 0.29) is 0 Å². The van der Waals surface area contributed by atoms with Crippen LogP contribution in [0.1, 0.15) is 232 Å². The highest BCUT2D eigenvalue weighted by Crippen LogP contribution is 2.43. The molecule has 0 spiro atoms. The first kappa shape index (κ1) is 47.1. The smallest absolute Gasteiger partial charge is 0.265 e. The molecule has 1 atom stereocenters. The Bertz CT molecular complexity index is 653. The van der Waals surface area contributed by atoms with Crippen LogP contribution in [0.15, 0.2) is 0 Å². The highest BCUT2D eigenvalue weighted by molar-refractivity contribution is 7.44. The second-order valence-electron chi connectivity index (χ2n) is 16.3. The van der Waals surface area contributed by atoms with E-state index < -0.39 is 13.4 Å². The van der Waals surface area contributed by atoms with Crippen LogP contribution >= 0.6 is 7.82 Å². The summed E-state index contributed by atoms with van der Waals surface area (Å²) in [5.74, 6) is 0. The Morgan fingerprint density at radius 2 is 0.681 bits per heavy atom. The minimum Gasteiger partial charge on any atom is -0.756 e. The van der Waals surface area contributed by atoms with Gasteiger partial charge in [0.15, 0.2) is 0 Å². The van der Waals surface area contributed by atoms with E-state index in [2.05, 4.69) is 35.0 Å². The zero-order chi connectivity index (χ0) is 35.0. The number of likely N-dealkylation sites (N-methyl/N-ethyl adjacent to an activating group) is 1. The van der Waals surface area contributed by atoms with Gasteiger partial charge in [0.05, 0.1) is 21.1 Å². The third kappa shape index (κ3) is 35.7. The molecule has 1 unspecified atom stereocenters. The van der Waals surface area contributed by atoms with Crippen molar-refractivity contribution in [2.24, 2.45) is 0 Å². The molecule has 0 aliphatic carbocycles. The quantitative estimate of drug-likeness (QED) is 0.0398. The average molecular weight is 688 g/mol. The van der Waals surface area contributed by atoms with E-state index >= 15 is 0 Å². The Balaban J connectivity index is 4.20. The van der Waals surface area contributed by atoms with Gasteiger partial charge in [0, 0.05) is 0 Å². The molecule has 0 heterocycles. The van der Waals surface area contributed by atoms with Crippen molar-refractivity contribution in [2.45, 2.75) is 238 Å². The first-order valence-corrected chi connectivity index (χ1v) is 22.6. The molecule has 0 radical (unpaired) electrons. The SMILES string of the molecule is CCCCCCCCCCCCCCCCCCC(CCCCCCCCCCCCCCCCCC)(C[N+](C)(C)C)OP(=O)([O-])O. The molecular weight excluding hydrogens is 601 g/mol. The lowest BCUT2D eigenvalue weighted by atomic mass is 9.88. The van der Waals surface area contributed by atoms with Gasteiger partial charge in [0.25, 0.3) is 7.82 Å². The Morgan fingerprint density at radius 3 is 0.872 bits per heavy atom. The number of rotatable bonds is 38. The van der Waals surface area contributed by atoms with Crippen molar-refractivity contribution >= 4 is 7.82 Å². The molecule has 0 aromatic carbocycles. The third-order valence-electron chi connectivity index (χ3n) is 10.0. The van der Waals surface area contributed by atoms with Gasteiger partial charge >= 0.3 is 0 Å². The van der Waals surface area contributed by atoms with Crippen LogP contribution in [0, 0.1) is 0 Å². The molecule has 0 fully saturated rings. The largest absolute Gasteiger partial charge is 0.756 e. The monoisotopic (exact) mass is 688 g/mol.